The first-order valence-corrected chi connectivity index (χ1v) is 10.4. The van der Waals surface area contributed by atoms with Crippen LogP contribution in [0.1, 0.15) is 16.8 Å². The van der Waals surface area contributed by atoms with E-state index in [0.29, 0.717) is 6.54 Å². The van der Waals surface area contributed by atoms with Gasteiger partial charge in [0, 0.05) is 31.0 Å². The van der Waals surface area contributed by atoms with Crippen LogP contribution < -0.4 is 15.4 Å². The molecule has 1 aromatic heterocycles. The van der Waals surface area contributed by atoms with Crippen molar-refractivity contribution < 1.29 is 4.74 Å². The van der Waals surface area contributed by atoms with E-state index < -0.39 is 0 Å². The monoisotopic (exact) mass is 520 g/mol. The number of fused-ring (bicyclic) bond motifs is 1. The molecule has 152 valence electrons. The second kappa shape index (κ2) is 10.6. The van der Waals surface area contributed by atoms with Gasteiger partial charge in [-0.1, -0.05) is 42.5 Å². The van der Waals surface area contributed by atoms with E-state index >= 15 is 0 Å². The van der Waals surface area contributed by atoms with Gasteiger partial charge in [0.25, 0.3) is 0 Å². The minimum Gasteiger partial charge on any atom is -0.493 e. The third-order valence-corrected chi connectivity index (χ3v) is 5.63. The van der Waals surface area contributed by atoms with Crippen molar-refractivity contribution in [2.75, 3.05) is 20.2 Å². The molecule has 0 aliphatic carbocycles. The second-order valence-electron chi connectivity index (χ2n) is 6.65. The van der Waals surface area contributed by atoms with Crippen LogP contribution >= 0.6 is 35.3 Å². The number of nitrogens with zero attached hydrogens (tertiary/aromatic N) is 2. The maximum Gasteiger partial charge on any atom is 0.191 e. The molecule has 2 N–H and O–H groups in total. The van der Waals surface area contributed by atoms with Gasteiger partial charge in [-0.25, -0.2) is 4.98 Å². The van der Waals surface area contributed by atoms with Gasteiger partial charge in [-0.05, 0) is 23.6 Å². The molecule has 2 aromatic carbocycles. The maximum atomic E-state index is 5.57. The highest BCUT2D eigenvalue weighted by molar-refractivity contribution is 14.0. The number of benzene rings is 2. The van der Waals surface area contributed by atoms with E-state index in [9.17, 15) is 0 Å². The molecule has 0 spiro atoms. The third-order valence-electron chi connectivity index (χ3n) is 4.69. The highest BCUT2D eigenvalue weighted by Crippen LogP contribution is 2.26. The number of aromatic nitrogens is 1. The molecule has 0 atom stereocenters. The van der Waals surface area contributed by atoms with E-state index in [0.717, 1.165) is 54.0 Å². The van der Waals surface area contributed by atoms with Gasteiger partial charge >= 0.3 is 0 Å². The second-order valence-corrected chi connectivity index (χ2v) is 7.51. The zero-order valence-corrected chi connectivity index (χ0v) is 19.5. The topological polar surface area (TPSA) is 58.5 Å². The molecule has 0 saturated carbocycles. The number of halogens is 1. The van der Waals surface area contributed by atoms with Crippen molar-refractivity contribution in [1.82, 2.24) is 15.6 Å². The van der Waals surface area contributed by atoms with Crippen molar-refractivity contribution in [1.29, 1.82) is 0 Å². The number of nitrogens with one attached hydrogen (secondary N) is 2. The van der Waals surface area contributed by atoms with Crippen molar-refractivity contribution in [2.24, 2.45) is 4.99 Å². The SMILES string of the molecule is CN=C(NCCc1ccc2c(c1)CCO2)NCc1csc(-c2ccccc2)n1.I. The van der Waals surface area contributed by atoms with E-state index in [2.05, 4.69) is 51.3 Å². The summed E-state index contributed by atoms with van der Waals surface area (Å²) in [6, 6.07) is 16.7. The van der Waals surface area contributed by atoms with E-state index in [-0.39, 0.29) is 24.0 Å². The summed E-state index contributed by atoms with van der Waals surface area (Å²) in [5.41, 5.74) is 4.81. The molecule has 3 aromatic rings. The summed E-state index contributed by atoms with van der Waals surface area (Å²) in [7, 11) is 1.79. The summed E-state index contributed by atoms with van der Waals surface area (Å²) in [6.07, 6.45) is 1.96. The lowest BCUT2D eigenvalue weighted by Gasteiger charge is -2.11. The Morgan fingerprint density at radius 1 is 1.17 bits per heavy atom. The van der Waals surface area contributed by atoms with Gasteiger partial charge in [0.1, 0.15) is 10.8 Å². The highest BCUT2D eigenvalue weighted by Gasteiger charge is 2.12. The fourth-order valence-electron chi connectivity index (χ4n) is 3.22. The molecular weight excluding hydrogens is 495 g/mol. The summed E-state index contributed by atoms with van der Waals surface area (Å²) in [4.78, 5) is 9.02. The number of aliphatic imine (C=N–C) groups is 1. The molecule has 7 heteroatoms. The quantitative estimate of drug-likeness (QED) is 0.290. The Hall–Kier alpha value is -2.13. The lowest BCUT2D eigenvalue weighted by atomic mass is 10.1. The van der Waals surface area contributed by atoms with Crippen molar-refractivity contribution in [3.8, 4) is 16.3 Å². The molecule has 5 nitrogen and oxygen atoms in total. The van der Waals surface area contributed by atoms with E-state index in [4.69, 9.17) is 9.72 Å². The maximum absolute atomic E-state index is 5.57. The Bertz CT molecular complexity index is 958. The van der Waals surface area contributed by atoms with E-state index in [1.165, 1.54) is 11.1 Å². The van der Waals surface area contributed by atoms with Crippen LogP contribution in [0.5, 0.6) is 5.75 Å². The van der Waals surface area contributed by atoms with Gasteiger partial charge < -0.3 is 15.4 Å². The van der Waals surface area contributed by atoms with Crippen molar-refractivity contribution in [2.45, 2.75) is 19.4 Å². The third kappa shape index (κ3) is 5.70. The average Bonchev–Trinajstić information content (AvgIpc) is 3.40. The zero-order valence-electron chi connectivity index (χ0n) is 16.4. The lowest BCUT2D eigenvalue weighted by Crippen LogP contribution is -2.37. The highest BCUT2D eigenvalue weighted by atomic mass is 127. The minimum absolute atomic E-state index is 0. The zero-order chi connectivity index (χ0) is 19.2. The molecule has 1 aliphatic heterocycles. The van der Waals surface area contributed by atoms with Crippen LogP contribution in [0.4, 0.5) is 0 Å². The molecule has 0 bridgehead atoms. The first-order valence-electron chi connectivity index (χ1n) is 9.51. The molecule has 0 fully saturated rings. The summed E-state index contributed by atoms with van der Waals surface area (Å²) >= 11 is 1.67. The Kier molecular flexibility index (Phi) is 7.88. The van der Waals surface area contributed by atoms with Crippen LogP contribution in [0.25, 0.3) is 10.6 Å². The summed E-state index contributed by atoms with van der Waals surface area (Å²) < 4.78 is 5.57. The fraction of sp³-hybridized carbons (Fsp3) is 0.273. The Labute approximate surface area is 192 Å². The Balaban J connectivity index is 0.00000240. The summed E-state index contributed by atoms with van der Waals surface area (Å²) in [5.74, 6) is 1.83. The normalized spacial score (nSPS) is 12.7. The first-order chi connectivity index (χ1) is 13.8. The molecular formula is C22H25IN4OS. The summed E-state index contributed by atoms with van der Waals surface area (Å²) in [5, 5.41) is 9.85. The van der Waals surface area contributed by atoms with Crippen molar-refractivity contribution in [3.63, 3.8) is 0 Å². The lowest BCUT2D eigenvalue weighted by molar-refractivity contribution is 0.357. The number of rotatable bonds is 6. The summed E-state index contributed by atoms with van der Waals surface area (Å²) in [6.45, 7) is 2.28. The largest absolute Gasteiger partial charge is 0.493 e. The molecule has 0 saturated heterocycles. The van der Waals surface area contributed by atoms with Gasteiger partial charge in [-0.2, -0.15) is 0 Å². The van der Waals surface area contributed by atoms with Gasteiger partial charge in [0.15, 0.2) is 5.96 Å². The predicted octanol–water partition coefficient (Wildman–Crippen LogP) is 4.27. The average molecular weight is 520 g/mol. The molecule has 29 heavy (non-hydrogen) atoms. The van der Waals surface area contributed by atoms with Crippen LogP contribution in [-0.4, -0.2) is 31.1 Å². The molecule has 2 heterocycles. The molecule has 0 amide bonds. The Morgan fingerprint density at radius 2 is 2.03 bits per heavy atom. The van der Waals surface area contributed by atoms with E-state index in [1.54, 1.807) is 18.4 Å². The van der Waals surface area contributed by atoms with Crippen LogP contribution in [-0.2, 0) is 19.4 Å². The number of guanidine groups is 1. The fourth-order valence-corrected chi connectivity index (χ4v) is 4.04. The molecule has 0 unspecified atom stereocenters. The minimum atomic E-state index is 0. The standard InChI is InChI=1S/C22H24N4OS.HI/c1-23-22(24-11-9-16-7-8-20-18(13-16)10-12-27-20)25-14-19-15-28-21(26-19)17-5-3-2-4-6-17;/h2-8,13,15H,9-12,14H2,1H3,(H2,23,24,25);1H. The van der Waals surface area contributed by atoms with Crippen LogP contribution in [0.3, 0.4) is 0 Å². The number of hydrogen-bond acceptors (Lipinski definition) is 4. The van der Waals surface area contributed by atoms with Crippen molar-refractivity contribution >= 4 is 41.3 Å². The molecule has 4 rings (SSSR count). The van der Waals surface area contributed by atoms with Gasteiger partial charge in [-0.15, -0.1) is 35.3 Å². The van der Waals surface area contributed by atoms with Crippen LogP contribution in [0.15, 0.2) is 58.9 Å². The van der Waals surface area contributed by atoms with Crippen LogP contribution in [0, 0.1) is 0 Å². The Morgan fingerprint density at radius 3 is 2.86 bits per heavy atom. The van der Waals surface area contributed by atoms with E-state index in [1.807, 2.05) is 18.2 Å². The number of thiazole rings is 1. The van der Waals surface area contributed by atoms with Crippen molar-refractivity contribution in [3.05, 3.63) is 70.7 Å². The van der Waals surface area contributed by atoms with Gasteiger partial charge in [0.05, 0.1) is 18.8 Å². The first kappa shape index (κ1) is 21.6. The number of ether oxygens (including phenoxy) is 1. The molecule has 0 radical (unpaired) electrons. The van der Waals surface area contributed by atoms with Gasteiger partial charge in [-0.3, -0.25) is 4.99 Å². The predicted molar refractivity (Wildman–Crippen MR) is 131 cm³/mol. The smallest absolute Gasteiger partial charge is 0.191 e. The van der Waals surface area contributed by atoms with Gasteiger partial charge in [0.2, 0.25) is 0 Å². The number of hydrogen-bond donors (Lipinski definition) is 2. The van der Waals surface area contributed by atoms with Crippen LogP contribution in [0.2, 0.25) is 0 Å². The molecule has 1 aliphatic rings.